The number of nitrogen functional groups attached to an aromatic ring is 3. The molecule has 210 valence electrons. The fourth-order valence-electron chi connectivity index (χ4n) is 5.09. The minimum atomic E-state index is -0.210. The average Bonchev–Trinajstić information content (AvgIpc) is 3.02. The molecular formula is C36H29N5O2. The maximum absolute atomic E-state index is 12.6. The van der Waals surface area contributed by atoms with Crippen LogP contribution in [0.2, 0.25) is 0 Å². The van der Waals surface area contributed by atoms with Crippen molar-refractivity contribution in [3.8, 4) is 22.3 Å². The molecule has 6 aromatic rings. The van der Waals surface area contributed by atoms with E-state index in [0.29, 0.717) is 39.6 Å². The van der Waals surface area contributed by atoms with E-state index in [-0.39, 0.29) is 11.8 Å². The van der Waals surface area contributed by atoms with Crippen molar-refractivity contribution in [1.29, 1.82) is 0 Å². The first kappa shape index (κ1) is 27.1. The number of hydrogen-bond donors (Lipinski definition) is 5. The fourth-order valence-corrected chi connectivity index (χ4v) is 5.09. The van der Waals surface area contributed by atoms with Gasteiger partial charge in [0.2, 0.25) is 0 Å². The second kappa shape index (κ2) is 11.4. The SMILES string of the molecule is Nc1ccc(C(=O)Nc2ccc(-c3cc(N)c(-c4ccc(NC(=O)c5ccc(N)cc5)cc4)c4ccccc34)cc2)cc1. The van der Waals surface area contributed by atoms with Gasteiger partial charge in [0.1, 0.15) is 0 Å². The number of nitrogens with one attached hydrogen (secondary N) is 2. The summed E-state index contributed by atoms with van der Waals surface area (Å²) in [5.41, 5.74) is 26.2. The van der Waals surface area contributed by atoms with Crippen LogP contribution in [0.25, 0.3) is 33.0 Å². The van der Waals surface area contributed by atoms with Gasteiger partial charge in [-0.2, -0.15) is 0 Å². The lowest BCUT2D eigenvalue weighted by molar-refractivity contribution is 0.101. The molecule has 0 aliphatic rings. The quantitative estimate of drug-likeness (QED) is 0.134. The van der Waals surface area contributed by atoms with Gasteiger partial charge in [-0.25, -0.2) is 0 Å². The zero-order valence-electron chi connectivity index (χ0n) is 23.2. The van der Waals surface area contributed by atoms with Crippen molar-refractivity contribution in [3.05, 3.63) is 139 Å². The molecule has 43 heavy (non-hydrogen) atoms. The number of amides is 2. The molecular weight excluding hydrogens is 534 g/mol. The van der Waals surface area contributed by atoms with Gasteiger partial charge < -0.3 is 27.8 Å². The van der Waals surface area contributed by atoms with Crippen LogP contribution in [0.4, 0.5) is 28.4 Å². The Morgan fingerprint density at radius 1 is 0.488 bits per heavy atom. The van der Waals surface area contributed by atoms with Crippen LogP contribution < -0.4 is 27.8 Å². The van der Waals surface area contributed by atoms with E-state index in [9.17, 15) is 9.59 Å². The molecule has 0 bridgehead atoms. The maximum atomic E-state index is 12.6. The van der Waals surface area contributed by atoms with Crippen molar-refractivity contribution in [2.24, 2.45) is 0 Å². The highest BCUT2D eigenvalue weighted by Crippen LogP contribution is 2.40. The molecule has 0 aliphatic heterocycles. The number of anilines is 5. The Morgan fingerprint density at radius 2 is 0.930 bits per heavy atom. The average molecular weight is 564 g/mol. The molecule has 7 nitrogen and oxygen atoms in total. The largest absolute Gasteiger partial charge is 0.399 e. The summed E-state index contributed by atoms with van der Waals surface area (Å²) < 4.78 is 0. The Bertz CT molecular complexity index is 1950. The molecule has 0 spiro atoms. The molecule has 7 heteroatoms. The first-order chi connectivity index (χ1) is 20.9. The van der Waals surface area contributed by atoms with Gasteiger partial charge in [0.15, 0.2) is 0 Å². The van der Waals surface area contributed by atoms with Crippen molar-refractivity contribution >= 4 is 51.0 Å². The summed E-state index contributed by atoms with van der Waals surface area (Å²) in [6.07, 6.45) is 0. The van der Waals surface area contributed by atoms with E-state index >= 15 is 0 Å². The molecule has 6 rings (SSSR count). The lowest BCUT2D eigenvalue weighted by Crippen LogP contribution is -2.11. The van der Waals surface area contributed by atoms with Crippen LogP contribution in [0, 0.1) is 0 Å². The predicted molar refractivity (Wildman–Crippen MR) is 177 cm³/mol. The number of rotatable bonds is 6. The number of nitrogens with two attached hydrogens (primary N) is 3. The van der Waals surface area contributed by atoms with Gasteiger partial charge in [-0.05, 0) is 106 Å². The van der Waals surface area contributed by atoms with Crippen LogP contribution in [-0.4, -0.2) is 11.8 Å². The van der Waals surface area contributed by atoms with E-state index in [1.807, 2.05) is 66.7 Å². The third-order valence-electron chi connectivity index (χ3n) is 7.31. The topological polar surface area (TPSA) is 136 Å². The van der Waals surface area contributed by atoms with E-state index < -0.39 is 0 Å². The van der Waals surface area contributed by atoms with E-state index in [1.165, 1.54) is 0 Å². The van der Waals surface area contributed by atoms with E-state index in [4.69, 9.17) is 17.2 Å². The molecule has 0 saturated heterocycles. The molecule has 0 unspecified atom stereocenters. The highest BCUT2D eigenvalue weighted by molar-refractivity contribution is 6.10. The molecule has 0 aliphatic carbocycles. The Hall–Kier alpha value is -6.08. The molecule has 0 aromatic heterocycles. The molecule has 2 amide bonds. The number of carbonyl (C=O) groups is 2. The van der Waals surface area contributed by atoms with Crippen LogP contribution >= 0.6 is 0 Å². The summed E-state index contributed by atoms with van der Waals surface area (Å²) in [5, 5.41) is 7.91. The van der Waals surface area contributed by atoms with Crippen molar-refractivity contribution in [2.75, 3.05) is 27.8 Å². The van der Waals surface area contributed by atoms with Crippen LogP contribution in [0.3, 0.4) is 0 Å². The van der Waals surface area contributed by atoms with Gasteiger partial charge in [-0.3, -0.25) is 9.59 Å². The third-order valence-corrected chi connectivity index (χ3v) is 7.31. The van der Waals surface area contributed by atoms with Crippen molar-refractivity contribution in [3.63, 3.8) is 0 Å². The van der Waals surface area contributed by atoms with Gasteiger partial charge in [0.05, 0.1) is 0 Å². The van der Waals surface area contributed by atoms with Gasteiger partial charge in [-0.1, -0.05) is 48.5 Å². The number of carbonyl (C=O) groups excluding carboxylic acids is 2. The molecule has 0 heterocycles. The summed E-state index contributed by atoms with van der Waals surface area (Å²) in [6.45, 7) is 0. The van der Waals surface area contributed by atoms with Crippen LogP contribution in [0.1, 0.15) is 20.7 Å². The third kappa shape index (κ3) is 5.73. The van der Waals surface area contributed by atoms with Crippen molar-refractivity contribution in [1.82, 2.24) is 0 Å². The van der Waals surface area contributed by atoms with Crippen LogP contribution in [0.15, 0.2) is 127 Å². The summed E-state index contributed by atoms with van der Waals surface area (Å²) >= 11 is 0. The molecule has 0 saturated carbocycles. The number of hydrogen-bond acceptors (Lipinski definition) is 5. The first-order valence-electron chi connectivity index (χ1n) is 13.7. The zero-order valence-corrected chi connectivity index (χ0v) is 23.2. The van der Waals surface area contributed by atoms with E-state index in [1.54, 1.807) is 48.5 Å². The smallest absolute Gasteiger partial charge is 0.255 e. The fraction of sp³-hybridized carbons (Fsp3) is 0. The van der Waals surface area contributed by atoms with E-state index in [0.717, 1.165) is 33.0 Å². The monoisotopic (exact) mass is 563 g/mol. The molecule has 0 atom stereocenters. The minimum Gasteiger partial charge on any atom is -0.399 e. The molecule has 8 N–H and O–H groups in total. The standard InChI is InChI=1S/C36H29N5O2/c37-26-13-5-24(6-14-26)35(42)40-28-17-9-22(10-18-28)32-21-33(39)34(31-4-2-1-3-30(31)32)23-11-19-29(20-12-23)41-36(43)25-7-15-27(38)16-8-25/h1-21H,37-39H2,(H,40,42)(H,41,43). The maximum Gasteiger partial charge on any atom is 0.255 e. The molecule has 6 aromatic carbocycles. The summed E-state index contributed by atoms with van der Waals surface area (Å²) in [4.78, 5) is 25.3. The molecule has 0 radical (unpaired) electrons. The van der Waals surface area contributed by atoms with Gasteiger partial charge in [0, 0.05) is 45.1 Å². The Labute approximate surface area is 249 Å². The van der Waals surface area contributed by atoms with Crippen LogP contribution in [0.5, 0.6) is 0 Å². The number of benzene rings is 6. The highest BCUT2D eigenvalue weighted by Gasteiger charge is 2.15. The Kier molecular flexibility index (Phi) is 7.20. The van der Waals surface area contributed by atoms with Gasteiger partial charge in [-0.15, -0.1) is 0 Å². The minimum absolute atomic E-state index is 0.206. The first-order valence-corrected chi connectivity index (χ1v) is 13.7. The number of fused-ring (bicyclic) bond motifs is 1. The lowest BCUT2D eigenvalue weighted by atomic mass is 9.90. The summed E-state index contributed by atoms with van der Waals surface area (Å²) in [7, 11) is 0. The lowest BCUT2D eigenvalue weighted by Gasteiger charge is -2.16. The molecule has 0 fully saturated rings. The van der Waals surface area contributed by atoms with Crippen molar-refractivity contribution in [2.45, 2.75) is 0 Å². The highest BCUT2D eigenvalue weighted by atomic mass is 16.2. The Morgan fingerprint density at radius 3 is 1.42 bits per heavy atom. The summed E-state index contributed by atoms with van der Waals surface area (Å²) in [6, 6.07) is 39.0. The van der Waals surface area contributed by atoms with Crippen molar-refractivity contribution < 1.29 is 9.59 Å². The predicted octanol–water partition coefficient (Wildman–Crippen LogP) is 7.43. The van der Waals surface area contributed by atoms with Gasteiger partial charge >= 0.3 is 0 Å². The van der Waals surface area contributed by atoms with E-state index in [2.05, 4.69) is 22.8 Å². The summed E-state index contributed by atoms with van der Waals surface area (Å²) in [5.74, 6) is -0.416. The Balaban J connectivity index is 1.26. The van der Waals surface area contributed by atoms with Gasteiger partial charge in [0.25, 0.3) is 11.8 Å². The normalized spacial score (nSPS) is 10.8. The zero-order chi connectivity index (χ0) is 29.9. The second-order valence-corrected chi connectivity index (χ2v) is 10.2. The second-order valence-electron chi connectivity index (χ2n) is 10.2. The van der Waals surface area contributed by atoms with Crippen LogP contribution in [-0.2, 0) is 0 Å².